The summed E-state index contributed by atoms with van der Waals surface area (Å²) >= 11 is 0. The third kappa shape index (κ3) is 4.56. The number of carboxylic acid groups (broad SMARTS) is 1. The maximum atomic E-state index is 12.7. The molecule has 9 heteroatoms. The summed E-state index contributed by atoms with van der Waals surface area (Å²) in [5.74, 6) is -2.31. The summed E-state index contributed by atoms with van der Waals surface area (Å²) in [6, 6.07) is 3.10. The summed E-state index contributed by atoms with van der Waals surface area (Å²) in [5, 5.41) is 22.9. The van der Waals surface area contributed by atoms with Gasteiger partial charge in [-0.2, -0.15) is 0 Å². The fourth-order valence-electron chi connectivity index (χ4n) is 2.91. The molecule has 1 atom stereocenters. The van der Waals surface area contributed by atoms with E-state index < -0.39 is 22.5 Å². The minimum absolute atomic E-state index is 0.0637. The van der Waals surface area contributed by atoms with Gasteiger partial charge in [0.1, 0.15) is 0 Å². The van der Waals surface area contributed by atoms with E-state index in [4.69, 9.17) is 5.11 Å². The van der Waals surface area contributed by atoms with Crippen LogP contribution < -0.4 is 5.32 Å². The molecule has 9 nitrogen and oxygen atoms in total. The van der Waals surface area contributed by atoms with Crippen molar-refractivity contribution < 1.29 is 24.4 Å². The van der Waals surface area contributed by atoms with E-state index in [1.165, 1.54) is 4.90 Å². The van der Waals surface area contributed by atoms with Crippen LogP contribution in [0.2, 0.25) is 0 Å². The molecule has 1 aliphatic rings. The minimum Gasteiger partial charge on any atom is -0.478 e. The Bertz CT molecular complexity index is 701. The van der Waals surface area contributed by atoms with Gasteiger partial charge in [-0.1, -0.05) is 6.92 Å². The van der Waals surface area contributed by atoms with Crippen LogP contribution in [0.1, 0.15) is 46.9 Å². The van der Waals surface area contributed by atoms with Crippen molar-refractivity contribution in [3.63, 3.8) is 0 Å². The van der Waals surface area contributed by atoms with Crippen LogP contribution in [0.15, 0.2) is 18.2 Å². The zero-order chi connectivity index (χ0) is 19.3. The number of hydrogen-bond acceptors (Lipinski definition) is 5. The first kappa shape index (κ1) is 19.4. The predicted molar refractivity (Wildman–Crippen MR) is 92.0 cm³/mol. The highest BCUT2D eigenvalue weighted by atomic mass is 16.6. The third-order valence-corrected chi connectivity index (χ3v) is 4.25. The number of nitro benzene ring substituents is 1. The molecule has 0 spiro atoms. The Morgan fingerprint density at radius 1 is 1.31 bits per heavy atom. The molecule has 140 valence electrons. The second kappa shape index (κ2) is 8.41. The van der Waals surface area contributed by atoms with E-state index in [-0.39, 0.29) is 29.5 Å². The van der Waals surface area contributed by atoms with E-state index in [1.54, 1.807) is 0 Å². The Hall–Kier alpha value is -2.97. The van der Waals surface area contributed by atoms with Crippen molar-refractivity contribution in [1.82, 2.24) is 10.2 Å². The molecule has 1 aliphatic heterocycles. The van der Waals surface area contributed by atoms with Gasteiger partial charge in [-0.15, -0.1) is 0 Å². The van der Waals surface area contributed by atoms with Crippen LogP contribution in [0.4, 0.5) is 5.69 Å². The number of nitrogens with one attached hydrogen (secondary N) is 1. The number of carbonyl (C=O) groups is 3. The summed E-state index contributed by atoms with van der Waals surface area (Å²) in [6.07, 6.45) is 2.11. The van der Waals surface area contributed by atoms with Crippen LogP contribution in [-0.4, -0.2) is 52.3 Å². The van der Waals surface area contributed by atoms with Gasteiger partial charge in [-0.25, -0.2) is 4.79 Å². The molecule has 1 heterocycles. The Labute approximate surface area is 150 Å². The molecule has 2 rings (SSSR count). The van der Waals surface area contributed by atoms with Gasteiger partial charge in [0, 0.05) is 37.3 Å². The molecule has 0 saturated carbocycles. The van der Waals surface area contributed by atoms with Crippen LogP contribution >= 0.6 is 0 Å². The summed E-state index contributed by atoms with van der Waals surface area (Å²) in [5.41, 5.74) is -0.842. The monoisotopic (exact) mass is 363 g/mol. The highest BCUT2D eigenvalue weighted by Crippen LogP contribution is 2.22. The fraction of sp³-hybridized carbons (Fsp3) is 0.471. The number of benzene rings is 1. The Balaban J connectivity index is 2.21. The van der Waals surface area contributed by atoms with Crippen molar-refractivity contribution in [3.8, 4) is 0 Å². The lowest BCUT2D eigenvalue weighted by molar-refractivity contribution is -0.384. The predicted octanol–water partition coefficient (Wildman–Crippen LogP) is 1.67. The molecule has 1 saturated heterocycles. The average molecular weight is 363 g/mol. The summed E-state index contributed by atoms with van der Waals surface area (Å²) in [7, 11) is 0. The summed E-state index contributed by atoms with van der Waals surface area (Å²) in [6.45, 7) is 3.14. The molecule has 1 aromatic rings. The van der Waals surface area contributed by atoms with Gasteiger partial charge < -0.3 is 15.3 Å². The number of carboxylic acids is 1. The molecule has 1 unspecified atom stereocenters. The van der Waals surface area contributed by atoms with Crippen molar-refractivity contribution in [3.05, 3.63) is 39.4 Å². The molecule has 0 aliphatic carbocycles. The van der Waals surface area contributed by atoms with Crippen molar-refractivity contribution in [1.29, 1.82) is 0 Å². The number of non-ortho nitro benzene ring substituents is 1. The topological polar surface area (TPSA) is 130 Å². The normalized spacial score (nSPS) is 16.8. The molecule has 0 bridgehead atoms. The molecular formula is C17H21N3O6. The molecule has 2 amide bonds. The second-order valence-electron chi connectivity index (χ2n) is 6.21. The number of nitrogens with zero attached hydrogens (tertiary/aromatic N) is 2. The number of amides is 2. The molecule has 26 heavy (non-hydrogen) atoms. The standard InChI is InChI=1S/C17H21N3O6/c1-2-5-18-15(21)11-4-3-6-19(10-11)16(22)12-7-13(17(23)24)9-14(8-12)20(25)26/h7-9,11H,2-6,10H2,1H3,(H,18,21)(H,23,24). The Kier molecular flexibility index (Phi) is 6.26. The minimum atomic E-state index is -1.35. The van der Waals surface area contributed by atoms with Gasteiger partial charge in [0.05, 0.1) is 16.4 Å². The molecule has 1 fully saturated rings. The second-order valence-corrected chi connectivity index (χ2v) is 6.21. The largest absolute Gasteiger partial charge is 0.478 e. The molecule has 0 aromatic heterocycles. The number of likely N-dealkylation sites (tertiary alicyclic amines) is 1. The van der Waals surface area contributed by atoms with Crippen molar-refractivity contribution >= 4 is 23.5 Å². The van der Waals surface area contributed by atoms with Crippen LogP contribution in [0, 0.1) is 16.0 Å². The maximum Gasteiger partial charge on any atom is 0.335 e. The van der Waals surface area contributed by atoms with Crippen molar-refractivity contribution in [2.45, 2.75) is 26.2 Å². The number of carbonyl (C=O) groups excluding carboxylic acids is 2. The lowest BCUT2D eigenvalue weighted by Gasteiger charge is -2.32. The van der Waals surface area contributed by atoms with E-state index in [1.807, 2.05) is 6.92 Å². The first-order chi connectivity index (χ1) is 12.3. The van der Waals surface area contributed by atoms with E-state index in [0.717, 1.165) is 24.6 Å². The number of aromatic carboxylic acids is 1. The van der Waals surface area contributed by atoms with Gasteiger partial charge >= 0.3 is 5.97 Å². The smallest absolute Gasteiger partial charge is 0.335 e. The summed E-state index contributed by atoms with van der Waals surface area (Å²) < 4.78 is 0. The third-order valence-electron chi connectivity index (χ3n) is 4.25. The number of hydrogen-bond donors (Lipinski definition) is 2. The van der Waals surface area contributed by atoms with Gasteiger partial charge in [0.15, 0.2) is 0 Å². The zero-order valence-corrected chi connectivity index (χ0v) is 14.4. The molecular weight excluding hydrogens is 342 g/mol. The number of rotatable bonds is 6. The van der Waals surface area contributed by atoms with Crippen LogP contribution in [-0.2, 0) is 4.79 Å². The van der Waals surface area contributed by atoms with Gasteiger partial charge in [0.25, 0.3) is 11.6 Å². The van der Waals surface area contributed by atoms with Gasteiger partial charge in [0.2, 0.25) is 5.91 Å². The first-order valence-corrected chi connectivity index (χ1v) is 8.43. The zero-order valence-electron chi connectivity index (χ0n) is 14.4. The highest BCUT2D eigenvalue weighted by Gasteiger charge is 2.29. The van der Waals surface area contributed by atoms with Gasteiger partial charge in [-0.3, -0.25) is 19.7 Å². The molecule has 2 N–H and O–H groups in total. The SMILES string of the molecule is CCCNC(=O)C1CCCN(C(=O)c2cc(C(=O)O)cc([N+](=O)[O-])c2)C1. The Morgan fingerprint density at radius 3 is 2.62 bits per heavy atom. The molecule has 0 radical (unpaired) electrons. The lowest BCUT2D eigenvalue weighted by atomic mass is 9.96. The lowest BCUT2D eigenvalue weighted by Crippen LogP contribution is -2.45. The number of piperidine rings is 1. The average Bonchev–Trinajstić information content (AvgIpc) is 2.65. The Morgan fingerprint density at radius 2 is 2.00 bits per heavy atom. The van der Waals surface area contributed by atoms with Crippen LogP contribution in [0.5, 0.6) is 0 Å². The van der Waals surface area contributed by atoms with Gasteiger partial charge in [-0.05, 0) is 25.3 Å². The quantitative estimate of drug-likeness (QED) is 0.584. The highest BCUT2D eigenvalue weighted by molar-refractivity contribution is 5.98. The van der Waals surface area contributed by atoms with E-state index in [9.17, 15) is 24.5 Å². The maximum absolute atomic E-state index is 12.7. The van der Waals surface area contributed by atoms with Crippen LogP contribution in [0.3, 0.4) is 0 Å². The first-order valence-electron chi connectivity index (χ1n) is 8.43. The van der Waals surface area contributed by atoms with E-state index >= 15 is 0 Å². The number of nitro groups is 1. The fourth-order valence-corrected chi connectivity index (χ4v) is 2.91. The van der Waals surface area contributed by atoms with Crippen molar-refractivity contribution in [2.24, 2.45) is 5.92 Å². The van der Waals surface area contributed by atoms with E-state index in [0.29, 0.717) is 25.9 Å². The molecule has 1 aromatic carbocycles. The van der Waals surface area contributed by atoms with Crippen LogP contribution in [0.25, 0.3) is 0 Å². The van der Waals surface area contributed by atoms with Crippen molar-refractivity contribution in [2.75, 3.05) is 19.6 Å². The summed E-state index contributed by atoms with van der Waals surface area (Å²) in [4.78, 5) is 47.7. The van der Waals surface area contributed by atoms with E-state index in [2.05, 4.69) is 5.32 Å².